The van der Waals surface area contributed by atoms with Gasteiger partial charge < -0.3 is 9.80 Å². The maximum atomic E-state index is 5.13. The lowest BCUT2D eigenvalue weighted by molar-refractivity contribution is 0.523. The van der Waals surface area contributed by atoms with E-state index in [1.807, 2.05) is 19.0 Å². The van der Waals surface area contributed by atoms with E-state index in [0.717, 1.165) is 18.2 Å². The molecule has 0 saturated carbocycles. The Balaban J connectivity index is 2.36. The van der Waals surface area contributed by atoms with Crippen LogP contribution in [0.4, 0.5) is 0 Å². The van der Waals surface area contributed by atoms with Gasteiger partial charge >= 0.3 is 0 Å². The third kappa shape index (κ3) is 2.77. The van der Waals surface area contributed by atoms with Gasteiger partial charge in [0.2, 0.25) is 0 Å². The van der Waals surface area contributed by atoms with Crippen LogP contribution in [0.3, 0.4) is 0 Å². The first-order valence-electron chi connectivity index (χ1n) is 4.19. The van der Waals surface area contributed by atoms with Gasteiger partial charge in [0.15, 0.2) is 5.11 Å². The summed E-state index contributed by atoms with van der Waals surface area (Å²) >= 11 is 5.13. The molecule has 68 valence electrons. The van der Waals surface area contributed by atoms with E-state index in [0.29, 0.717) is 0 Å². The van der Waals surface area contributed by atoms with E-state index < -0.39 is 0 Å². The highest BCUT2D eigenvalue weighted by Gasteiger charge is 2.13. The first-order chi connectivity index (χ1) is 5.70. The summed E-state index contributed by atoms with van der Waals surface area (Å²) in [5.74, 6) is 0. The number of rotatable bonds is 1. The second-order valence-electron chi connectivity index (χ2n) is 3.18. The summed E-state index contributed by atoms with van der Waals surface area (Å²) in [6.07, 6.45) is 4.25. The fourth-order valence-electron chi connectivity index (χ4n) is 1.15. The van der Waals surface area contributed by atoms with Crippen LogP contribution in [-0.4, -0.2) is 48.4 Å². The van der Waals surface area contributed by atoms with Gasteiger partial charge in [-0.05, 0) is 25.1 Å². The van der Waals surface area contributed by atoms with Crippen molar-refractivity contribution in [1.82, 2.24) is 9.80 Å². The molecule has 1 rings (SSSR count). The van der Waals surface area contributed by atoms with Crippen LogP contribution >= 0.6 is 12.2 Å². The highest BCUT2D eigenvalue weighted by Crippen LogP contribution is 2.08. The van der Waals surface area contributed by atoms with Crippen LogP contribution < -0.4 is 0 Å². The Hall–Kier alpha value is -0.640. The number of hydrogen-bond donors (Lipinski definition) is 0. The average Bonchev–Trinajstić information content (AvgIpc) is 2.51. The van der Waals surface area contributed by atoms with Crippen molar-refractivity contribution in [1.29, 1.82) is 0 Å². The number of aliphatic imine (C=N–C) groups is 1. The zero-order valence-electron chi connectivity index (χ0n) is 7.66. The molecule has 0 aromatic heterocycles. The number of nitrogens with zero attached hydrogens (tertiary/aromatic N) is 3. The average molecular weight is 185 g/mol. The predicted molar refractivity (Wildman–Crippen MR) is 55.6 cm³/mol. The molecule has 0 spiro atoms. The highest BCUT2D eigenvalue weighted by atomic mass is 32.1. The second kappa shape index (κ2) is 4.40. The lowest BCUT2D eigenvalue weighted by Crippen LogP contribution is -2.25. The van der Waals surface area contributed by atoms with Crippen molar-refractivity contribution in [2.45, 2.75) is 12.8 Å². The molecule has 1 fully saturated rings. The Labute approximate surface area is 79.1 Å². The van der Waals surface area contributed by atoms with Gasteiger partial charge in [0, 0.05) is 27.2 Å². The Kier molecular flexibility index (Phi) is 3.47. The van der Waals surface area contributed by atoms with E-state index in [-0.39, 0.29) is 0 Å². The minimum absolute atomic E-state index is 0.723. The molecule has 4 heteroatoms. The second-order valence-corrected chi connectivity index (χ2v) is 3.55. The monoisotopic (exact) mass is 185 g/mol. The molecular weight excluding hydrogens is 170 g/mol. The van der Waals surface area contributed by atoms with Crippen LogP contribution in [0, 0.1) is 0 Å². The molecule has 3 nitrogen and oxygen atoms in total. The lowest BCUT2D eigenvalue weighted by atomic mass is 10.4. The highest BCUT2D eigenvalue weighted by molar-refractivity contribution is 7.80. The fourth-order valence-corrected chi connectivity index (χ4v) is 1.38. The van der Waals surface area contributed by atoms with Crippen molar-refractivity contribution >= 4 is 23.7 Å². The lowest BCUT2D eigenvalue weighted by Gasteiger charge is -2.14. The van der Waals surface area contributed by atoms with Crippen LogP contribution in [0.25, 0.3) is 0 Å². The van der Waals surface area contributed by atoms with Gasteiger partial charge in [0.1, 0.15) is 0 Å². The molecule has 0 radical (unpaired) electrons. The van der Waals surface area contributed by atoms with E-state index in [4.69, 9.17) is 12.2 Å². The molecule has 1 heterocycles. The predicted octanol–water partition coefficient (Wildman–Crippen LogP) is 0.957. The summed E-state index contributed by atoms with van der Waals surface area (Å²) in [5.41, 5.74) is 0. The summed E-state index contributed by atoms with van der Waals surface area (Å²) in [5, 5.41) is 0.723. The summed E-state index contributed by atoms with van der Waals surface area (Å²) in [4.78, 5) is 8.20. The maximum Gasteiger partial charge on any atom is 0.196 e. The zero-order chi connectivity index (χ0) is 8.97. The first kappa shape index (κ1) is 9.45. The molecular formula is C8H15N3S. The molecule has 0 aliphatic carbocycles. The van der Waals surface area contributed by atoms with E-state index >= 15 is 0 Å². The van der Waals surface area contributed by atoms with Gasteiger partial charge in [-0.25, -0.2) is 4.99 Å². The van der Waals surface area contributed by atoms with E-state index in [1.165, 1.54) is 12.8 Å². The number of likely N-dealkylation sites (tertiary alicyclic amines) is 1. The molecule has 1 aliphatic heterocycles. The Morgan fingerprint density at radius 3 is 2.50 bits per heavy atom. The molecule has 0 aromatic carbocycles. The third-order valence-corrected chi connectivity index (χ3v) is 2.14. The molecule has 1 saturated heterocycles. The molecule has 12 heavy (non-hydrogen) atoms. The van der Waals surface area contributed by atoms with Crippen molar-refractivity contribution in [3.05, 3.63) is 0 Å². The quantitative estimate of drug-likeness (QED) is 0.344. The molecule has 0 aromatic rings. The molecule has 0 bridgehead atoms. The van der Waals surface area contributed by atoms with Crippen LogP contribution in [0.1, 0.15) is 12.8 Å². The SMILES string of the molecule is CN(C)C=NC(=S)N1CCCC1. The topological polar surface area (TPSA) is 18.8 Å². The van der Waals surface area contributed by atoms with Gasteiger partial charge in [-0.1, -0.05) is 0 Å². The van der Waals surface area contributed by atoms with Gasteiger partial charge in [-0.2, -0.15) is 0 Å². The minimum Gasteiger partial charge on any atom is -0.369 e. The summed E-state index contributed by atoms with van der Waals surface area (Å²) in [6.45, 7) is 2.15. The Morgan fingerprint density at radius 2 is 2.00 bits per heavy atom. The summed E-state index contributed by atoms with van der Waals surface area (Å²) < 4.78 is 0. The largest absolute Gasteiger partial charge is 0.369 e. The smallest absolute Gasteiger partial charge is 0.196 e. The summed E-state index contributed by atoms with van der Waals surface area (Å²) in [7, 11) is 3.88. The summed E-state index contributed by atoms with van der Waals surface area (Å²) in [6, 6.07) is 0. The zero-order valence-corrected chi connectivity index (χ0v) is 8.47. The van der Waals surface area contributed by atoms with Crippen LogP contribution in [0.5, 0.6) is 0 Å². The molecule has 0 N–H and O–H groups in total. The van der Waals surface area contributed by atoms with Gasteiger partial charge in [-0.3, -0.25) is 0 Å². The van der Waals surface area contributed by atoms with E-state index in [2.05, 4.69) is 9.89 Å². The normalized spacial score (nSPS) is 17.3. The van der Waals surface area contributed by atoms with Crippen molar-refractivity contribution in [2.75, 3.05) is 27.2 Å². The van der Waals surface area contributed by atoms with Crippen molar-refractivity contribution < 1.29 is 0 Å². The molecule has 0 atom stereocenters. The molecule has 0 unspecified atom stereocenters. The van der Waals surface area contributed by atoms with E-state index in [1.54, 1.807) is 6.34 Å². The van der Waals surface area contributed by atoms with Gasteiger partial charge in [0.25, 0.3) is 0 Å². The first-order valence-corrected chi connectivity index (χ1v) is 4.60. The molecule has 0 amide bonds. The number of thiocarbonyl (C=S) groups is 1. The van der Waals surface area contributed by atoms with E-state index in [9.17, 15) is 0 Å². The van der Waals surface area contributed by atoms with Crippen LogP contribution in [0.2, 0.25) is 0 Å². The Bertz CT molecular complexity index is 183. The van der Waals surface area contributed by atoms with Crippen molar-refractivity contribution in [3.8, 4) is 0 Å². The van der Waals surface area contributed by atoms with Crippen molar-refractivity contribution in [2.24, 2.45) is 4.99 Å². The Morgan fingerprint density at radius 1 is 1.42 bits per heavy atom. The number of hydrogen-bond acceptors (Lipinski definition) is 1. The third-order valence-electron chi connectivity index (χ3n) is 1.78. The van der Waals surface area contributed by atoms with Gasteiger partial charge in [0.05, 0.1) is 6.34 Å². The maximum absolute atomic E-state index is 5.13. The van der Waals surface area contributed by atoms with Crippen LogP contribution in [-0.2, 0) is 0 Å². The minimum atomic E-state index is 0.723. The van der Waals surface area contributed by atoms with Gasteiger partial charge in [-0.15, -0.1) is 0 Å². The standard InChI is InChI=1S/C8H15N3S/c1-10(2)7-9-8(12)11-5-3-4-6-11/h7H,3-6H2,1-2H3. The molecule has 1 aliphatic rings. The van der Waals surface area contributed by atoms with Crippen molar-refractivity contribution in [3.63, 3.8) is 0 Å². The van der Waals surface area contributed by atoms with Crippen LogP contribution in [0.15, 0.2) is 4.99 Å². The fraction of sp³-hybridized carbons (Fsp3) is 0.750.